The number of carbonyl (C=O) groups is 3. The van der Waals surface area contributed by atoms with E-state index in [1.54, 1.807) is 37.8 Å². The van der Waals surface area contributed by atoms with Crippen LogP contribution in [0, 0.1) is 5.92 Å². The molecule has 0 aliphatic rings. The average Bonchev–Trinajstić information content (AvgIpc) is 2.81. The largest absolute Gasteiger partial charge is 0.508 e. The van der Waals surface area contributed by atoms with E-state index in [2.05, 4.69) is 17.6 Å². The lowest BCUT2D eigenvalue weighted by Gasteiger charge is -2.36. The van der Waals surface area contributed by atoms with Gasteiger partial charge < -0.3 is 25.4 Å². The van der Waals surface area contributed by atoms with E-state index in [1.807, 2.05) is 27.7 Å². The average molecular weight is 534 g/mol. The maximum Gasteiger partial charge on any atom is 0.408 e. The van der Waals surface area contributed by atoms with Crippen molar-refractivity contribution in [3.63, 3.8) is 0 Å². The number of nitrogens with one attached hydrogen (secondary N) is 2. The van der Waals surface area contributed by atoms with Gasteiger partial charge in [0.05, 0.1) is 0 Å². The molecule has 216 valence electrons. The molecule has 8 heteroatoms. The predicted octanol–water partition coefficient (Wildman–Crippen LogP) is 6.09. The third kappa shape index (κ3) is 11.7. The molecule has 8 nitrogen and oxygen atoms in total. The van der Waals surface area contributed by atoms with Gasteiger partial charge in [-0.25, -0.2) is 4.79 Å². The second-order valence-corrected chi connectivity index (χ2v) is 11.5. The van der Waals surface area contributed by atoms with Gasteiger partial charge in [0, 0.05) is 12.6 Å². The quantitative estimate of drug-likeness (QED) is 0.237. The van der Waals surface area contributed by atoms with Crippen LogP contribution in [0.2, 0.25) is 0 Å². The summed E-state index contributed by atoms with van der Waals surface area (Å²) >= 11 is 0. The predicted molar refractivity (Wildman–Crippen MR) is 152 cm³/mol. The Morgan fingerprint density at radius 3 is 2.16 bits per heavy atom. The van der Waals surface area contributed by atoms with Crippen LogP contribution in [-0.2, 0) is 14.3 Å². The number of aromatic hydroxyl groups is 1. The van der Waals surface area contributed by atoms with Gasteiger partial charge in [0.25, 0.3) is 0 Å². The summed E-state index contributed by atoms with van der Waals surface area (Å²) in [6.07, 6.45) is 6.12. The van der Waals surface area contributed by atoms with E-state index < -0.39 is 23.8 Å². The second kappa shape index (κ2) is 16.2. The van der Waals surface area contributed by atoms with E-state index >= 15 is 0 Å². The molecule has 0 heterocycles. The van der Waals surface area contributed by atoms with E-state index in [4.69, 9.17) is 4.74 Å². The normalized spacial score (nSPS) is 13.9. The first kappa shape index (κ1) is 33.3. The molecule has 3 atom stereocenters. The molecule has 38 heavy (non-hydrogen) atoms. The molecule has 0 aromatic heterocycles. The van der Waals surface area contributed by atoms with Crippen LogP contribution in [-0.4, -0.2) is 52.1 Å². The smallest absolute Gasteiger partial charge is 0.408 e. The van der Waals surface area contributed by atoms with Gasteiger partial charge in [0.2, 0.25) is 11.8 Å². The number of phenolic OH excluding ortho intramolecular Hbond substituents is 1. The molecule has 0 saturated carbocycles. The van der Waals surface area contributed by atoms with Crippen molar-refractivity contribution < 1.29 is 24.2 Å². The third-order valence-corrected chi connectivity index (χ3v) is 6.36. The lowest BCUT2D eigenvalue weighted by Crippen LogP contribution is -2.55. The molecule has 0 aliphatic carbocycles. The number of rotatable bonds is 15. The van der Waals surface area contributed by atoms with Crippen LogP contribution >= 0.6 is 0 Å². The van der Waals surface area contributed by atoms with Crippen LogP contribution in [0.4, 0.5) is 4.79 Å². The van der Waals surface area contributed by atoms with E-state index in [9.17, 15) is 19.5 Å². The molecule has 1 aromatic rings. The minimum absolute atomic E-state index is 0.0159. The van der Waals surface area contributed by atoms with Crippen molar-refractivity contribution in [2.24, 2.45) is 5.92 Å². The Kier molecular flexibility index (Phi) is 14.2. The Labute approximate surface area is 229 Å². The highest BCUT2D eigenvalue weighted by molar-refractivity contribution is 5.92. The van der Waals surface area contributed by atoms with Gasteiger partial charge in [-0.15, -0.1) is 0 Å². The van der Waals surface area contributed by atoms with Crippen molar-refractivity contribution in [2.45, 2.75) is 124 Å². The Bertz CT molecular complexity index is 881. The summed E-state index contributed by atoms with van der Waals surface area (Å²) in [7, 11) is 0. The molecular formula is C30H51N3O5. The summed E-state index contributed by atoms with van der Waals surface area (Å²) in [4.78, 5) is 42.1. The molecule has 0 spiro atoms. The van der Waals surface area contributed by atoms with E-state index in [-0.39, 0.29) is 29.5 Å². The van der Waals surface area contributed by atoms with Crippen LogP contribution in [0.25, 0.3) is 0 Å². The number of nitrogens with zero attached hydrogens (tertiary/aromatic N) is 1. The Hall–Kier alpha value is -2.77. The Morgan fingerprint density at radius 2 is 1.61 bits per heavy atom. The molecule has 1 rings (SSSR count). The minimum Gasteiger partial charge on any atom is -0.508 e. The summed E-state index contributed by atoms with van der Waals surface area (Å²) in [5, 5.41) is 15.9. The number of alkyl carbamates (subject to hydrolysis) is 1. The zero-order valence-electron chi connectivity index (χ0n) is 24.8. The molecular weight excluding hydrogens is 482 g/mol. The van der Waals surface area contributed by atoms with Crippen LogP contribution in [0.5, 0.6) is 5.75 Å². The number of amides is 3. The Balaban J connectivity index is 3.44. The highest BCUT2D eigenvalue weighted by atomic mass is 16.6. The van der Waals surface area contributed by atoms with Crippen LogP contribution in [0.15, 0.2) is 24.3 Å². The fraction of sp³-hybridized carbons (Fsp3) is 0.700. The standard InChI is InChI=1S/C30H51N3O5/c1-9-11-12-13-14-15-19-33(26(27(35)31-21(3)4)23-17-16-18-24(34)20-23)28(36)25(22(5)10-2)32-29(37)38-30(6,7)8/h16-18,20-22,25-26,34H,9-15,19H2,1-8H3,(H,31,35)(H,32,37). The van der Waals surface area contributed by atoms with Crippen LogP contribution in [0.1, 0.15) is 112 Å². The zero-order valence-corrected chi connectivity index (χ0v) is 24.8. The molecule has 3 N–H and O–H groups in total. The monoisotopic (exact) mass is 533 g/mol. The van der Waals surface area contributed by atoms with E-state index in [1.165, 1.54) is 18.6 Å². The lowest BCUT2D eigenvalue weighted by molar-refractivity contribution is -0.143. The first-order valence-electron chi connectivity index (χ1n) is 14.2. The minimum atomic E-state index is -0.959. The SMILES string of the molecule is CCCCCCCCN(C(=O)C(NC(=O)OC(C)(C)C)C(C)CC)C(C(=O)NC(C)C)c1cccc(O)c1. The zero-order chi connectivity index (χ0) is 28.9. The summed E-state index contributed by atoms with van der Waals surface area (Å²) in [6.45, 7) is 15.4. The number of hydrogen-bond donors (Lipinski definition) is 3. The van der Waals surface area contributed by atoms with Crippen molar-refractivity contribution in [1.82, 2.24) is 15.5 Å². The molecule has 3 unspecified atom stereocenters. The van der Waals surface area contributed by atoms with Gasteiger partial charge in [-0.2, -0.15) is 0 Å². The van der Waals surface area contributed by atoms with Gasteiger partial charge in [-0.3, -0.25) is 9.59 Å². The van der Waals surface area contributed by atoms with Crippen molar-refractivity contribution >= 4 is 17.9 Å². The lowest BCUT2D eigenvalue weighted by atomic mass is 9.95. The molecule has 0 radical (unpaired) electrons. The molecule has 3 amide bonds. The van der Waals surface area contributed by atoms with Crippen molar-refractivity contribution in [1.29, 1.82) is 0 Å². The first-order valence-corrected chi connectivity index (χ1v) is 14.2. The number of carbonyl (C=O) groups excluding carboxylic acids is 3. The van der Waals surface area contributed by atoms with Crippen LogP contribution < -0.4 is 10.6 Å². The number of benzene rings is 1. The molecule has 0 bridgehead atoms. The fourth-order valence-corrected chi connectivity index (χ4v) is 4.26. The van der Waals surface area contributed by atoms with Gasteiger partial charge in [-0.05, 0) is 64.7 Å². The van der Waals surface area contributed by atoms with Gasteiger partial charge in [0.1, 0.15) is 23.4 Å². The fourth-order valence-electron chi connectivity index (χ4n) is 4.26. The topological polar surface area (TPSA) is 108 Å². The molecule has 0 saturated heterocycles. The maximum absolute atomic E-state index is 14.2. The van der Waals surface area contributed by atoms with Crippen molar-refractivity contribution in [3.05, 3.63) is 29.8 Å². The van der Waals surface area contributed by atoms with E-state index in [0.29, 0.717) is 18.5 Å². The van der Waals surface area contributed by atoms with Gasteiger partial charge in [-0.1, -0.05) is 71.4 Å². The summed E-state index contributed by atoms with van der Waals surface area (Å²) in [5.74, 6) is -0.849. The highest BCUT2D eigenvalue weighted by Gasteiger charge is 2.38. The number of hydrogen-bond acceptors (Lipinski definition) is 5. The van der Waals surface area contributed by atoms with E-state index in [0.717, 1.165) is 32.1 Å². The number of ether oxygens (including phenoxy) is 1. The first-order chi connectivity index (χ1) is 17.8. The van der Waals surface area contributed by atoms with Gasteiger partial charge in [0.15, 0.2) is 0 Å². The summed E-state index contributed by atoms with van der Waals surface area (Å²) in [6, 6.07) is 4.49. The third-order valence-electron chi connectivity index (χ3n) is 6.36. The molecule has 1 aromatic carbocycles. The Morgan fingerprint density at radius 1 is 0.974 bits per heavy atom. The number of phenols is 1. The second-order valence-electron chi connectivity index (χ2n) is 11.5. The van der Waals surface area contributed by atoms with Crippen molar-refractivity contribution in [3.8, 4) is 5.75 Å². The highest BCUT2D eigenvalue weighted by Crippen LogP contribution is 2.27. The number of unbranched alkanes of at least 4 members (excludes halogenated alkanes) is 5. The summed E-state index contributed by atoms with van der Waals surface area (Å²) < 4.78 is 5.46. The molecule has 0 fully saturated rings. The van der Waals surface area contributed by atoms with Crippen LogP contribution in [0.3, 0.4) is 0 Å². The molecule has 0 aliphatic heterocycles. The van der Waals surface area contributed by atoms with Gasteiger partial charge >= 0.3 is 6.09 Å². The summed E-state index contributed by atoms with van der Waals surface area (Å²) in [5.41, 5.74) is -0.199. The van der Waals surface area contributed by atoms with Crippen molar-refractivity contribution in [2.75, 3.05) is 6.54 Å². The maximum atomic E-state index is 14.2.